The maximum absolute atomic E-state index is 13.0. The summed E-state index contributed by atoms with van der Waals surface area (Å²) in [6, 6.07) is 15.5. The summed E-state index contributed by atoms with van der Waals surface area (Å²) in [5, 5.41) is 3.47. The van der Waals surface area contributed by atoms with Gasteiger partial charge in [-0.25, -0.2) is 4.39 Å². The van der Waals surface area contributed by atoms with E-state index in [4.69, 9.17) is 0 Å². The van der Waals surface area contributed by atoms with Gasteiger partial charge in [0.05, 0.1) is 0 Å². The van der Waals surface area contributed by atoms with Crippen LogP contribution >= 0.6 is 0 Å². The van der Waals surface area contributed by atoms with Crippen LogP contribution in [0.3, 0.4) is 0 Å². The minimum atomic E-state index is -0.148. The van der Waals surface area contributed by atoms with E-state index in [1.165, 1.54) is 23.6 Å². The van der Waals surface area contributed by atoms with E-state index in [1.54, 1.807) is 12.1 Å². The van der Waals surface area contributed by atoms with Crippen molar-refractivity contribution in [2.24, 2.45) is 0 Å². The Bertz CT molecular complexity index is 565. The Morgan fingerprint density at radius 2 is 2.00 bits per heavy atom. The SMILES string of the molecule is Fc1cccc(CCNCC2Cc3ccccc32)c1. The number of nitrogens with one attached hydrogen (secondary N) is 1. The van der Waals surface area contributed by atoms with Crippen LogP contribution in [0, 0.1) is 5.82 Å². The van der Waals surface area contributed by atoms with Gasteiger partial charge in [0.15, 0.2) is 0 Å². The molecule has 1 atom stereocenters. The van der Waals surface area contributed by atoms with Crippen molar-refractivity contribution in [3.63, 3.8) is 0 Å². The largest absolute Gasteiger partial charge is 0.316 e. The van der Waals surface area contributed by atoms with Crippen molar-refractivity contribution < 1.29 is 4.39 Å². The van der Waals surface area contributed by atoms with Crippen LogP contribution < -0.4 is 5.32 Å². The number of hydrogen-bond donors (Lipinski definition) is 1. The number of rotatable bonds is 5. The average molecular weight is 255 g/mol. The summed E-state index contributed by atoms with van der Waals surface area (Å²) in [5.41, 5.74) is 4.03. The Hall–Kier alpha value is -1.67. The van der Waals surface area contributed by atoms with Crippen molar-refractivity contribution in [2.75, 3.05) is 13.1 Å². The second-order valence-electron chi connectivity index (χ2n) is 5.18. The van der Waals surface area contributed by atoms with E-state index in [9.17, 15) is 4.39 Å². The second kappa shape index (κ2) is 5.54. The summed E-state index contributed by atoms with van der Waals surface area (Å²) in [6.07, 6.45) is 2.06. The van der Waals surface area contributed by atoms with E-state index >= 15 is 0 Å². The molecular formula is C17H18FN. The van der Waals surface area contributed by atoms with Crippen LogP contribution in [0.4, 0.5) is 4.39 Å². The number of halogens is 1. The molecule has 0 heterocycles. The molecule has 2 aromatic rings. The van der Waals surface area contributed by atoms with E-state index < -0.39 is 0 Å². The third-order valence-corrected chi connectivity index (χ3v) is 3.83. The quantitative estimate of drug-likeness (QED) is 0.808. The Morgan fingerprint density at radius 1 is 1.11 bits per heavy atom. The first-order valence-corrected chi connectivity index (χ1v) is 6.86. The van der Waals surface area contributed by atoms with E-state index in [0.29, 0.717) is 5.92 Å². The Morgan fingerprint density at radius 3 is 2.84 bits per heavy atom. The van der Waals surface area contributed by atoms with Crippen molar-refractivity contribution in [1.82, 2.24) is 5.32 Å². The van der Waals surface area contributed by atoms with Gasteiger partial charge in [-0.15, -0.1) is 0 Å². The predicted molar refractivity (Wildman–Crippen MR) is 75.9 cm³/mol. The summed E-state index contributed by atoms with van der Waals surface area (Å²) in [7, 11) is 0. The Kier molecular flexibility index (Phi) is 3.60. The molecular weight excluding hydrogens is 237 g/mol. The lowest BCUT2D eigenvalue weighted by molar-refractivity contribution is 0.537. The van der Waals surface area contributed by atoms with E-state index in [-0.39, 0.29) is 5.82 Å². The van der Waals surface area contributed by atoms with Crippen molar-refractivity contribution in [3.05, 3.63) is 71.0 Å². The van der Waals surface area contributed by atoms with Crippen LogP contribution in [0.5, 0.6) is 0 Å². The number of fused-ring (bicyclic) bond motifs is 1. The van der Waals surface area contributed by atoms with Crippen molar-refractivity contribution in [3.8, 4) is 0 Å². The molecule has 1 nitrogen and oxygen atoms in total. The average Bonchev–Trinajstić information content (AvgIpc) is 2.39. The Labute approximate surface area is 113 Å². The second-order valence-corrected chi connectivity index (χ2v) is 5.18. The van der Waals surface area contributed by atoms with Crippen LogP contribution in [0.15, 0.2) is 48.5 Å². The lowest BCUT2D eigenvalue weighted by Gasteiger charge is -2.30. The molecule has 98 valence electrons. The fourth-order valence-electron chi connectivity index (χ4n) is 2.75. The van der Waals surface area contributed by atoms with Crippen LogP contribution in [0.25, 0.3) is 0 Å². The molecule has 0 spiro atoms. The molecule has 2 heteroatoms. The lowest BCUT2D eigenvalue weighted by atomic mass is 9.77. The highest BCUT2D eigenvalue weighted by molar-refractivity contribution is 5.40. The lowest BCUT2D eigenvalue weighted by Crippen LogP contribution is -2.30. The normalized spacial score (nSPS) is 16.8. The van der Waals surface area contributed by atoms with Gasteiger partial charge in [-0.1, -0.05) is 36.4 Å². The topological polar surface area (TPSA) is 12.0 Å². The predicted octanol–water partition coefficient (Wildman–Crippen LogP) is 3.30. The van der Waals surface area contributed by atoms with Gasteiger partial charge in [-0.05, 0) is 48.2 Å². The first kappa shape index (κ1) is 12.4. The zero-order valence-electron chi connectivity index (χ0n) is 10.9. The van der Waals surface area contributed by atoms with Crippen LogP contribution in [0.2, 0.25) is 0 Å². The molecule has 1 aliphatic rings. The monoisotopic (exact) mass is 255 g/mol. The van der Waals surface area contributed by atoms with E-state index in [1.807, 2.05) is 6.07 Å². The first-order chi connectivity index (χ1) is 9.33. The highest BCUT2D eigenvalue weighted by Crippen LogP contribution is 2.33. The molecule has 0 fully saturated rings. The smallest absolute Gasteiger partial charge is 0.123 e. The zero-order chi connectivity index (χ0) is 13.1. The minimum Gasteiger partial charge on any atom is -0.316 e. The molecule has 0 saturated carbocycles. The van der Waals surface area contributed by atoms with Gasteiger partial charge in [0.2, 0.25) is 0 Å². The molecule has 0 aromatic heterocycles. The van der Waals surface area contributed by atoms with Gasteiger partial charge in [0.1, 0.15) is 5.82 Å². The molecule has 0 saturated heterocycles. The summed E-state index contributed by atoms with van der Waals surface area (Å²) >= 11 is 0. The fraction of sp³-hybridized carbons (Fsp3) is 0.294. The third-order valence-electron chi connectivity index (χ3n) is 3.83. The van der Waals surface area contributed by atoms with Crippen molar-refractivity contribution >= 4 is 0 Å². The van der Waals surface area contributed by atoms with Gasteiger partial charge in [0, 0.05) is 12.5 Å². The third kappa shape index (κ3) is 2.85. The summed E-state index contributed by atoms with van der Waals surface area (Å²) in [6.45, 7) is 1.93. The Balaban J connectivity index is 1.43. The molecule has 19 heavy (non-hydrogen) atoms. The molecule has 0 bridgehead atoms. The first-order valence-electron chi connectivity index (χ1n) is 6.86. The van der Waals surface area contributed by atoms with Gasteiger partial charge >= 0.3 is 0 Å². The molecule has 0 radical (unpaired) electrons. The number of hydrogen-bond acceptors (Lipinski definition) is 1. The van der Waals surface area contributed by atoms with Gasteiger partial charge in [0.25, 0.3) is 0 Å². The fourth-order valence-corrected chi connectivity index (χ4v) is 2.75. The molecule has 3 rings (SSSR count). The van der Waals surface area contributed by atoms with Gasteiger partial charge in [-0.2, -0.15) is 0 Å². The van der Waals surface area contributed by atoms with Crippen LogP contribution in [0.1, 0.15) is 22.6 Å². The van der Waals surface area contributed by atoms with Gasteiger partial charge in [-0.3, -0.25) is 0 Å². The van der Waals surface area contributed by atoms with Gasteiger partial charge < -0.3 is 5.32 Å². The molecule has 1 unspecified atom stereocenters. The molecule has 2 aromatic carbocycles. The molecule has 0 aliphatic heterocycles. The molecule has 0 amide bonds. The van der Waals surface area contributed by atoms with E-state index in [0.717, 1.165) is 25.1 Å². The zero-order valence-corrected chi connectivity index (χ0v) is 10.9. The standard InChI is InChI=1S/C17H18FN/c18-16-6-3-4-13(10-16)8-9-19-12-15-11-14-5-1-2-7-17(14)15/h1-7,10,15,19H,8-9,11-12H2. The highest BCUT2D eigenvalue weighted by atomic mass is 19.1. The highest BCUT2D eigenvalue weighted by Gasteiger charge is 2.24. The van der Waals surface area contributed by atoms with Crippen LogP contribution in [-0.4, -0.2) is 13.1 Å². The molecule has 1 aliphatic carbocycles. The minimum absolute atomic E-state index is 0.148. The summed E-state index contributed by atoms with van der Waals surface area (Å²) < 4.78 is 13.0. The maximum atomic E-state index is 13.0. The maximum Gasteiger partial charge on any atom is 0.123 e. The van der Waals surface area contributed by atoms with Crippen molar-refractivity contribution in [2.45, 2.75) is 18.8 Å². The van der Waals surface area contributed by atoms with Crippen molar-refractivity contribution in [1.29, 1.82) is 0 Å². The van der Waals surface area contributed by atoms with E-state index in [2.05, 4.69) is 29.6 Å². The summed E-state index contributed by atoms with van der Waals surface area (Å²) in [4.78, 5) is 0. The molecule has 1 N–H and O–H groups in total. The number of benzene rings is 2. The van der Waals surface area contributed by atoms with Crippen LogP contribution in [-0.2, 0) is 12.8 Å². The summed E-state index contributed by atoms with van der Waals surface area (Å²) in [5.74, 6) is 0.508.